The number of amides is 2. The van der Waals surface area contributed by atoms with E-state index in [1.165, 1.54) is 0 Å². The molecule has 2 aliphatic rings. The van der Waals surface area contributed by atoms with Gasteiger partial charge in [0.1, 0.15) is 5.82 Å². The molecule has 29 heavy (non-hydrogen) atoms. The van der Waals surface area contributed by atoms with Crippen molar-refractivity contribution in [1.29, 1.82) is 0 Å². The predicted molar refractivity (Wildman–Crippen MR) is 109 cm³/mol. The average molecular weight is 397 g/mol. The molecule has 0 bridgehead atoms. The summed E-state index contributed by atoms with van der Waals surface area (Å²) in [5.74, 6) is 1.60. The van der Waals surface area contributed by atoms with Gasteiger partial charge in [0.05, 0.1) is 0 Å². The van der Waals surface area contributed by atoms with Gasteiger partial charge in [0.2, 0.25) is 5.91 Å². The van der Waals surface area contributed by atoms with Crippen LogP contribution in [0.15, 0.2) is 29.1 Å². The number of nitrogens with zero attached hydrogens (tertiary/aromatic N) is 3. The van der Waals surface area contributed by atoms with Crippen LogP contribution in [0.5, 0.6) is 0 Å². The van der Waals surface area contributed by atoms with E-state index in [9.17, 15) is 14.4 Å². The molecule has 1 saturated heterocycles. The Hall–Kier alpha value is -2.90. The van der Waals surface area contributed by atoms with Crippen LogP contribution in [0.3, 0.4) is 0 Å². The molecule has 8 heteroatoms. The van der Waals surface area contributed by atoms with Crippen LogP contribution in [0.2, 0.25) is 0 Å². The maximum absolute atomic E-state index is 12.8. The van der Waals surface area contributed by atoms with Gasteiger partial charge in [-0.2, -0.15) is 5.10 Å². The lowest BCUT2D eigenvalue weighted by molar-refractivity contribution is -0.117. The minimum absolute atomic E-state index is 0.00736. The molecule has 2 aromatic rings. The second-order valence-corrected chi connectivity index (χ2v) is 8.08. The zero-order chi connectivity index (χ0) is 20.5. The van der Waals surface area contributed by atoms with Gasteiger partial charge >= 0.3 is 5.69 Å². The Bertz CT molecular complexity index is 953. The van der Waals surface area contributed by atoms with Gasteiger partial charge in [-0.3, -0.25) is 14.2 Å². The standard InChI is InChI=1S/C21H27N5O3/c1-3-26-18(23-24-21(26)29)14-8-10-25(11-9-14)20(28)15-4-6-16(7-5-15)22-19(27)17-12-13(17)2/h4-7,13-14,17H,3,8-12H2,1-2H3,(H,22,27)(H,24,29). The number of rotatable bonds is 5. The highest BCUT2D eigenvalue weighted by molar-refractivity contribution is 5.97. The fourth-order valence-electron chi connectivity index (χ4n) is 4.09. The molecule has 154 valence electrons. The monoisotopic (exact) mass is 397 g/mol. The van der Waals surface area contributed by atoms with Gasteiger partial charge in [0.25, 0.3) is 5.91 Å². The zero-order valence-corrected chi connectivity index (χ0v) is 16.9. The Kier molecular flexibility index (Phi) is 5.25. The molecule has 2 unspecified atom stereocenters. The fraction of sp³-hybridized carbons (Fsp3) is 0.524. The average Bonchev–Trinajstić information content (AvgIpc) is 3.36. The molecule has 1 aliphatic heterocycles. The molecule has 4 rings (SSSR count). The van der Waals surface area contributed by atoms with Crippen molar-refractivity contribution in [3.8, 4) is 0 Å². The van der Waals surface area contributed by atoms with E-state index in [0.717, 1.165) is 30.8 Å². The lowest BCUT2D eigenvalue weighted by atomic mass is 9.95. The smallest absolute Gasteiger partial charge is 0.339 e. The molecule has 2 atom stereocenters. The van der Waals surface area contributed by atoms with Gasteiger partial charge in [-0.25, -0.2) is 9.89 Å². The van der Waals surface area contributed by atoms with Gasteiger partial charge in [0.15, 0.2) is 0 Å². The fourth-order valence-corrected chi connectivity index (χ4v) is 4.09. The number of H-pyrrole nitrogens is 1. The van der Waals surface area contributed by atoms with E-state index in [-0.39, 0.29) is 29.3 Å². The normalized spacial score (nSPS) is 21.8. The van der Waals surface area contributed by atoms with Crippen molar-refractivity contribution in [2.75, 3.05) is 18.4 Å². The summed E-state index contributed by atoms with van der Waals surface area (Å²) < 4.78 is 1.66. The maximum Gasteiger partial charge on any atom is 0.343 e. The summed E-state index contributed by atoms with van der Waals surface area (Å²) in [4.78, 5) is 38.5. The minimum atomic E-state index is -0.177. The van der Waals surface area contributed by atoms with Gasteiger partial charge in [-0.15, -0.1) is 0 Å². The molecule has 2 N–H and O–H groups in total. The third-order valence-corrected chi connectivity index (χ3v) is 6.10. The summed E-state index contributed by atoms with van der Waals surface area (Å²) in [5, 5.41) is 9.62. The number of nitrogens with one attached hydrogen (secondary N) is 2. The maximum atomic E-state index is 12.8. The van der Waals surface area contributed by atoms with E-state index in [1.807, 2.05) is 11.8 Å². The van der Waals surface area contributed by atoms with E-state index in [2.05, 4.69) is 22.4 Å². The van der Waals surface area contributed by atoms with E-state index >= 15 is 0 Å². The molecule has 8 nitrogen and oxygen atoms in total. The topological polar surface area (TPSA) is 100 Å². The van der Waals surface area contributed by atoms with Crippen molar-refractivity contribution in [2.24, 2.45) is 11.8 Å². The first kappa shape index (κ1) is 19.4. The Morgan fingerprint density at radius 2 is 1.86 bits per heavy atom. The number of piperidine rings is 1. The highest BCUT2D eigenvalue weighted by Crippen LogP contribution is 2.38. The van der Waals surface area contributed by atoms with E-state index in [0.29, 0.717) is 31.1 Å². The summed E-state index contributed by atoms with van der Waals surface area (Å²) in [6.45, 7) is 5.85. The van der Waals surface area contributed by atoms with Crippen LogP contribution in [0.25, 0.3) is 0 Å². The lowest BCUT2D eigenvalue weighted by Gasteiger charge is -2.31. The SMILES string of the molecule is CCn1c(C2CCN(C(=O)c3ccc(NC(=O)C4CC4C)cc3)CC2)n[nH]c1=O. The Morgan fingerprint density at radius 3 is 2.45 bits per heavy atom. The second-order valence-electron chi connectivity index (χ2n) is 8.08. The summed E-state index contributed by atoms with van der Waals surface area (Å²) in [6, 6.07) is 7.11. The molecule has 1 saturated carbocycles. The van der Waals surface area contributed by atoms with Crippen LogP contribution >= 0.6 is 0 Å². The van der Waals surface area contributed by atoms with Crippen LogP contribution in [0.1, 0.15) is 55.2 Å². The third kappa shape index (κ3) is 3.97. The minimum Gasteiger partial charge on any atom is -0.339 e. The molecular formula is C21H27N5O3. The van der Waals surface area contributed by atoms with Crippen molar-refractivity contribution < 1.29 is 9.59 Å². The van der Waals surface area contributed by atoms with Crippen LogP contribution in [0.4, 0.5) is 5.69 Å². The number of carbonyl (C=O) groups is 2. The largest absolute Gasteiger partial charge is 0.343 e. The quantitative estimate of drug-likeness (QED) is 0.808. The number of hydrogen-bond acceptors (Lipinski definition) is 4. The van der Waals surface area contributed by atoms with Crippen molar-refractivity contribution in [3.05, 3.63) is 46.1 Å². The van der Waals surface area contributed by atoms with Gasteiger partial charge in [-0.1, -0.05) is 6.92 Å². The van der Waals surface area contributed by atoms with Gasteiger partial charge in [0, 0.05) is 42.7 Å². The summed E-state index contributed by atoms with van der Waals surface area (Å²) in [7, 11) is 0. The van der Waals surface area contributed by atoms with Crippen LogP contribution < -0.4 is 11.0 Å². The highest BCUT2D eigenvalue weighted by atomic mass is 16.2. The van der Waals surface area contributed by atoms with E-state index in [4.69, 9.17) is 0 Å². The van der Waals surface area contributed by atoms with Gasteiger partial charge in [-0.05, 0) is 56.4 Å². The molecular weight excluding hydrogens is 370 g/mol. The van der Waals surface area contributed by atoms with E-state index in [1.54, 1.807) is 28.8 Å². The first-order valence-electron chi connectivity index (χ1n) is 10.3. The van der Waals surface area contributed by atoms with Crippen molar-refractivity contribution in [2.45, 2.75) is 45.6 Å². The zero-order valence-electron chi connectivity index (χ0n) is 16.9. The van der Waals surface area contributed by atoms with Gasteiger partial charge < -0.3 is 10.2 Å². The number of aromatic nitrogens is 3. The Balaban J connectivity index is 1.34. The molecule has 2 heterocycles. The van der Waals surface area contributed by atoms with E-state index < -0.39 is 0 Å². The summed E-state index contributed by atoms with van der Waals surface area (Å²) in [5.41, 5.74) is 1.16. The lowest BCUT2D eigenvalue weighted by Crippen LogP contribution is -2.38. The molecule has 0 radical (unpaired) electrons. The highest BCUT2D eigenvalue weighted by Gasteiger charge is 2.39. The number of benzene rings is 1. The number of aromatic amines is 1. The number of anilines is 1. The number of hydrogen-bond donors (Lipinski definition) is 2. The Labute approximate surface area is 169 Å². The first-order valence-corrected chi connectivity index (χ1v) is 10.3. The Morgan fingerprint density at radius 1 is 1.21 bits per heavy atom. The molecule has 1 aliphatic carbocycles. The van der Waals surface area contributed by atoms with Crippen molar-refractivity contribution in [3.63, 3.8) is 0 Å². The molecule has 2 fully saturated rings. The molecule has 1 aromatic carbocycles. The van der Waals surface area contributed by atoms with Crippen molar-refractivity contribution >= 4 is 17.5 Å². The van der Waals surface area contributed by atoms with Crippen LogP contribution in [0, 0.1) is 11.8 Å². The van der Waals surface area contributed by atoms with Crippen molar-refractivity contribution in [1.82, 2.24) is 19.7 Å². The van der Waals surface area contributed by atoms with Crippen LogP contribution in [-0.2, 0) is 11.3 Å². The van der Waals surface area contributed by atoms with Crippen LogP contribution in [-0.4, -0.2) is 44.6 Å². The molecule has 1 aromatic heterocycles. The number of carbonyl (C=O) groups excluding carboxylic acids is 2. The second kappa shape index (κ2) is 7.85. The summed E-state index contributed by atoms with van der Waals surface area (Å²) in [6.07, 6.45) is 2.51. The first-order chi connectivity index (χ1) is 14.0. The number of likely N-dealkylation sites (tertiary alicyclic amines) is 1. The predicted octanol–water partition coefficient (Wildman–Crippen LogP) is 2.21. The molecule has 0 spiro atoms. The third-order valence-electron chi connectivity index (χ3n) is 6.10. The summed E-state index contributed by atoms with van der Waals surface area (Å²) >= 11 is 0. The molecule has 2 amide bonds.